The molecule has 19 heavy (non-hydrogen) atoms. The van der Waals surface area contributed by atoms with Gasteiger partial charge in [0.2, 0.25) is 0 Å². The van der Waals surface area contributed by atoms with Gasteiger partial charge in [-0.2, -0.15) is 5.26 Å². The summed E-state index contributed by atoms with van der Waals surface area (Å²) in [5.74, 6) is 0.554. The summed E-state index contributed by atoms with van der Waals surface area (Å²) >= 11 is 6.18. The molecule has 1 aliphatic carbocycles. The predicted octanol–water partition coefficient (Wildman–Crippen LogP) is 3.35. The van der Waals surface area contributed by atoms with Crippen LogP contribution in [0.2, 0.25) is 5.02 Å². The Kier molecular flexibility index (Phi) is 3.28. The lowest BCUT2D eigenvalue weighted by Crippen LogP contribution is -2.73. The van der Waals surface area contributed by atoms with Crippen molar-refractivity contribution in [1.82, 2.24) is 0 Å². The maximum Gasteiger partial charge on any atom is 0.139 e. The van der Waals surface area contributed by atoms with E-state index in [1.807, 2.05) is 0 Å². The average molecular weight is 279 g/mol. The molecule has 1 aliphatic rings. The van der Waals surface area contributed by atoms with E-state index in [2.05, 4.69) is 33.8 Å². The molecule has 1 aromatic carbocycles. The molecule has 2 rings (SSSR count). The zero-order valence-corrected chi connectivity index (χ0v) is 12.5. The predicted molar refractivity (Wildman–Crippen MR) is 76.1 cm³/mol. The number of ether oxygens (including phenoxy) is 1. The summed E-state index contributed by atoms with van der Waals surface area (Å²) < 4.78 is 6.06. The number of hydrogen-bond acceptors (Lipinski definition) is 3. The van der Waals surface area contributed by atoms with Crippen molar-refractivity contribution in [2.45, 2.75) is 39.8 Å². The van der Waals surface area contributed by atoms with Crippen LogP contribution in [0, 0.1) is 22.2 Å². The molecule has 0 spiro atoms. The van der Waals surface area contributed by atoms with Crippen LogP contribution in [-0.4, -0.2) is 12.1 Å². The van der Waals surface area contributed by atoms with E-state index in [1.54, 1.807) is 18.2 Å². The molecule has 0 aromatic heterocycles. The highest BCUT2D eigenvalue weighted by Crippen LogP contribution is 2.54. The van der Waals surface area contributed by atoms with Crippen molar-refractivity contribution in [3.63, 3.8) is 0 Å². The van der Waals surface area contributed by atoms with E-state index in [-0.39, 0.29) is 23.0 Å². The highest BCUT2D eigenvalue weighted by atomic mass is 35.5. The maximum absolute atomic E-state index is 8.99. The van der Waals surface area contributed by atoms with Crippen molar-refractivity contribution < 1.29 is 4.74 Å². The van der Waals surface area contributed by atoms with Gasteiger partial charge in [-0.3, -0.25) is 0 Å². The van der Waals surface area contributed by atoms with E-state index in [0.717, 1.165) is 0 Å². The molecule has 2 N–H and O–H groups in total. The van der Waals surface area contributed by atoms with Crippen LogP contribution >= 0.6 is 11.6 Å². The zero-order chi connectivity index (χ0) is 14.4. The Hall–Kier alpha value is -1.24. The van der Waals surface area contributed by atoms with Crippen LogP contribution in [0.4, 0.5) is 0 Å². The van der Waals surface area contributed by atoms with E-state index in [0.29, 0.717) is 16.3 Å². The Morgan fingerprint density at radius 2 is 1.84 bits per heavy atom. The van der Waals surface area contributed by atoms with Crippen LogP contribution in [0.3, 0.4) is 0 Å². The van der Waals surface area contributed by atoms with Crippen molar-refractivity contribution in [3.05, 3.63) is 28.8 Å². The van der Waals surface area contributed by atoms with Gasteiger partial charge in [-0.1, -0.05) is 45.4 Å². The molecule has 0 saturated heterocycles. The SMILES string of the molecule is CC1(C)C(N)C(C)(C)C1Oc1cccc(C#N)c1Cl. The quantitative estimate of drug-likeness (QED) is 0.902. The van der Waals surface area contributed by atoms with Crippen molar-refractivity contribution in [2.24, 2.45) is 16.6 Å². The molecule has 0 bridgehead atoms. The van der Waals surface area contributed by atoms with Gasteiger partial charge in [-0.05, 0) is 12.1 Å². The van der Waals surface area contributed by atoms with Gasteiger partial charge in [0.25, 0.3) is 0 Å². The fourth-order valence-corrected chi connectivity index (χ4v) is 3.48. The topological polar surface area (TPSA) is 59.0 Å². The summed E-state index contributed by atoms with van der Waals surface area (Å²) in [6, 6.07) is 7.38. The largest absolute Gasteiger partial charge is 0.488 e. The Morgan fingerprint density at radius 3 is 2.37 bits per heavy atom. The Balaban J connectivity index is 2.31. The van der Waals surface area contributed by atoms with Crippen molar-refractivity contribution >= 4 is 11.6 Å². The van der Waals surface area contributed by atoms with Crippen LogP contribution in [-0.2, 0) is 0 Å². The number of nitrogens with zero attached hydrogens (tertiary/aromatic N) is 1. The molecule has 0 radical (unpaired) electrons. The normalized spacial score (nSPS) is 27.2. The van der Waals surface area contributed by atoms with Crippen LogP contribution < -0.4 is 10.5 Å². The summed E-state index contributed by atoms with van der Waals surface area (Å²) in [4.78, 5) is 0. The summed E-state index contributed by atoms with van der Waals surface area (Å²) in [5, 5.41) is 9.36. The molecular formula is C15H19ClN2O. The molecule has 3 nitrogen and oxygen atoms in total. The molecule has 0 atom stereocenters. The van der Waals surface area contributed by atoms with Gasteiger partial charge in [0.1, 0.15) is 22.9 Å². The van der Waals surface area contributed by atoms with E-state index in [9.17, 15) is 0 Å². The highest BCUT2D eigenvalue weighted by molar-refractivity contribution is 6.33. The van der Waals surface area contributed by atoms with Crippen LogP contribution in [0.25, 0.3) is 0 Å². The van der Waals surface area contributed by atoms with E-state index in [1.165, 1.54) is 0 Å². The molecule has 1 aromatic rings. The monoisotopic (exact) mass is 278 g/mol. The van der Waals surface area contributed by atoms with E-state index in [4.69, 9.17) is 27.3 Å². The summed E-state index contributed by atoms with van der Waals surface area (Å²) in [6.45, 7) is 8.37. The third kappa shape index (κ3) is 2.00. The standard InChI is InChI=1S/C15H19ClN2O/c1-14(2)12(18)15(3,4)13(14)19-10-7-5-6-9(8-17)11(10)16/h5-7,12-13H,18H2,1-4H3. The van der Waals surface area contributed by atoms with Crippen molar-refractivity contribution in [2.75, 3.05) is 0 Å². The smallest absolute Gasteiger partial charge is 0.139 e. The second kappa shape index (κ2) is 4.40. The first-order chi connectivity index (χ1) is 8.72. The minimum atomic E-state index is -0.116. The summed E-state index contributed by atoms with van der Waals surface area (Å²) in [7, 11) is 0. The highest BCUT2D eigenvalue weighted by Gasteiger charge is 2.62. The third-order valence-electron chi connectivity index (χ3n) is 4.28. The lowest BCUT2D eigenvalue weighted by Gasteiger charge is -2.61. The molecule has 0 heterocycles. The van der Waals surface area contributed by atoms with Gasteiger partial charge in [-0.25, -0.2) is 0 Å². The number of benzene rings is 1. The third-order valence-corrected chi connectivity index (χ3v) is 4.67. The molecule has 1 fully saturated rings. The van der Waals surface area contributed by atoms with E-state index < -0.39 is 0 Å². The first kappa shape index (κ1) is 14.2. The van der Waals surface area contributed by atoms with Gasteiger partial charge >= 0.3 is 0 Å². The zero-order valence-electron chi connectivity index (χ0n) is 11.7. The number of nitrogens with two attached hydrogens (primary N) is 1. The van der Waals surface area contributed by atoms with Gasteiger partial charge in [-0.15, -0.1) is 0 Å². The van der Waals surface area contributed by atoms with Crippen molar-refractivity contribution in [1.29, 1.82) is 5.26 Å². The maximum atomic E-state index is 8.99. The molecule has 0 unspecified atom stereocenters. The molecule has 0 aliphatic heterocycles. The second-order valence-electron chi connectivity index (χ2n) is 6.35. The minimum Gasteiger partial charge on any atom is -0.488 e. The average Bonchev–Trinajstić information content (AvgIpc) is 2.36. The van der Waals surface area contributed by atoms with Gasteiger partial charge in [0.05, 0.1) is 5.56 Å². The fraction of sp³-hybridized carbons (Fsp3) is 0.533. The summed E-state index contributed by atoms with van der Waals surface area (Å²) in [5.41, 5.74) is 6.40. The van der Waals surface area contributed by atoms with Crippen molar-refractivity contribution in [3.8, 4) is 11.8 Å². The number of hydrogen-bond donors (Lipinski definition) is 1. The summed E-state index contributed by atoms with van der Waals surface area (Å²) in [6.07, 6.45) is -0.0264. The first-order valence-corrected chi connectivity index (χ1v) is 6.71. The van der Waals surface area contributed by atoms with E-state index >= 15 is 0 Å². The van der Waals surface area contributed by atoms with Crippen LogP contribution in [0.5, 0.6) is 5.75 Å². The fourth-order valence-electron chi connectivity index (χ4n) is 3.27. The first-order valence-electron chi connectivity index (χ1n) is 6.33. The molecular weight excluding hydrogens is 260 g/mol. The number of rotatable bonds is 2. The number of halogens is 1. The lowest BCUT2D eigenvalue weighted by molar-refractivity contribution is -0.155. The Bertz CT molecular complexity index is 530. The van der Waals surface area contributed by atoms with Gasteiger partial charge in [0, 0.05) is 16.9 Å². The number of nitriles is 1. The molecule has 102 valence electrons. The molecule has 0 amide bonds. The van der Waals surface area contributed by atoms with Crippen LogP contribution in [0.15, 0.2) is 18.2 Å². The second-order valence-corrected chi connectivity index (χ2v) is 6.73. The van der Waals surface area contributed by atoms with Crippen LogP contribution in [0.1, 0.15) is 33.3 Å². The lowest BCUT2D eigenvalue weighted by atomic mass is 9.50. The molecule has 1 saturated carbocycles. The van der Waals surface area contributed by atoms with Gasteiger partial charge in [0.15, 0.2) is 0 Å². The Labute approximate surface area is 119 Å². The Morgan fingerprint density at radius 1 is 1.26 bits per heavy atom. The minimum absolute atomic E-state index is 0.0264. The molecule has 4 heteroatoms. The van der Waals surface area contributed by atoms with Gasteiger partial charge < -0.3 is 10.5 Å².